The topological polar surface area (TPSA) is 44.8 Å². The van der Waals surface area contributed by atoms with Crippen molar-refractivity contribution < 1.29 is 9.53 Å². The second-order valence-electron chi connectivity index (χ2n) is 6.34. The SMILES string of the molecule is O=C(CN1CCN(CC2CCC=CO2)CC1)Nc1ccc(Cl)cc1. The minimum absolute atomic E-state index is 0.0199. The van der Waals surface area contributed by atoms with Crippen LogP contribution in [0.4, 0.5) is 5.69 Å². The second-order valence-corrected chi connectivity index (χ2v) is 6.78. The molecule has 1 amide bonds. The molecule has 3 rings (SSSR count). The molecule has 2 aliphatic rings. The summed E-state index contributed by atoms with van der Waals surface area (Å²) in [5, 5.41) is 3.58. The van der Waals surface area contributed by atoms with Gasteiger partial charge in [0, 0.05) is 43.4 Å². The predicted molar refractivity (Wildman–Crippen MR) is 96.2 cm³/mol. The maximum atomic E-state index is 12.1. The molecule has 1 N–H and O–H groups in total. The van der Waals surface area contributed by atoms with Crippen LogP contribution >= 0.6 is 11.6 Å². The molecular weight excluding hydrogens is 326 g/mol. The summed E-state index contributed by atoms with van der Waals surface area (Å²) in [6, 6.07) is 7.19. The maximum absolute atomic E-state index is 12.1. The molecule has 0 spiro atoms. The van der Waals surface area contributed by atoms with Crippen LogP contribution in [-0.4, -0.2) is 61.1 Å². The van der Waals surface area contributed by atoms with Crippen LogP contribution in [0.15, 0.2) is 36.6 Å². The van der Waals surface area contributed by atoms with Crippen molar-refractivity contribution in [3.63, 3.8) is 0 Å². The highest BCUT2D eigenvalue weighted by atomic mass is 35.5. The van der Waals surface area contributed by atoms with Gasteiger partial charge >= 0.3 is 0 Å². The van der Waals surface area contributed by atoms with Crippen LogP contribution in [0.3, 0.4) is 0 Å². The normalized spacial score (nSPS) is 22.1. The molecule has 1 aromatic carbocycles. The Bertz CT molecular complexity index is 568. The van der Waals surface area contributed by atoms with Gasteiger partial charge in [0.05, 0.1) is 12.8 Å². The van der Waals surface area contributed by atoms with Crippen LogP contribution in [0.25, 0.3) is 0 Å². The van der Waals surface area contributed by atoms with Gasteiger partial charge in [-0.3, -0.25) is 14.6 Å². The lowest BCUT2D eigenvalue weighted by molar-refractivity contribution is -0.117. The molecule has 1 saturated heterocycles. The van der Waals surface area contributed by atoms with Crippen molar-refractivity contribution in [2.45, 2.75) is 18.9 Å². The molecule has 0 radical (unpaired) electrons. The molecule has 130 valence electrons. The zero-order valence-electron chi connectivity index (χ0n) is 13.8. The summed E-state index contributed by atoms with van der Waals surface area (Å²) in [5.74, 6) is 0.0199. The van der Waals surface area contributed by atoms with E-state index < -0.39 is 0 Å². The average Bonchev–Trinajstić information content (AvgIpc) is 2.60. The number of hydrogen-bond acceptors (Lipinski definition) is 4. The van der Waals surface area contributed by atoms with Gasteiger partial charge < -0.3 is 10.1 Å². The Morgan fingerprint density at radius 1 is 1.17 bits per heavy atom. The number of nitrogens with zero attached hydrogens (tertiary/aromatic N) is 2. The van der Waals surface area contributed by atoms with Gasteiger partial charge in [-0.25, -0.2) is 0 Å². The molecule has 0 aliphatic carbocycles. The van der Waals surface area contributed by atoms with Gasteiger partial charge in [-0.05, 0) is 43.2 Å². The van der Waals surface area contributed by atoms with Crippen molar-refractivity contribution in [1.82, 2.24) is 9.80 Å². The third kappa shape index (κ3) is 5.23. The van der Waals surface area contributed by atoms with Gasteiger partial charge in [-0.2, -0.15) is 0 Å². The van der Waals surface area contributed by atoms with Crippen LogP contribution in [0.1, 0.15) is 12.8 Å². The highest BCUT2D eigenvalue weighted by molar-refractivity contribution is 6.30. The third-order valence-corrected chi connectivity index (χ3v) is 4.70. The summed E-state index contributed by atoms with van der Waals surface area (Å²) < 4.78 is 5.64. The first-order valence-electron chi connectivity index (χ1n) is 8.49. The summed E-state index contributed by atoms with van der Waals surface area (Å²) in [6.07, 6.45) is 6.42. The van der Waals surface area contributed by atoms with E-state index >= 15 is 0 Å². The van der Waals surface area contributed by atoms with E-state index in [1.54, 1.807) is 12.1 Å². The number of benzene rings is 1. The summed E-state index contributed by atoms with van der Waals surface area (Å²) in [6.45, 7) is 5.21. The molecular formula is C18H24ClN3O2. The van der Waals surface area contributed by atoms with E-state index in [9.17, 15) is 4.79 Å². The number of piperazine rings is 1. The fourth-order valence-corrected chi connectivity index (χ4v) is 3.20. The Labute approximate surface area is 148 Å². The largest absolute Gasteiger partial charge is 0.497 e. The molecule has 6 heteroatoms. The standard InChI is InChI=1S/C18H24ClN3O2/c19-15-4-6-16(7-5-15)20-18(23)14-22-10-8-21(9-11-22)13-17-3-1-2-12-24-17/h2,4-7,12,17H,1,3,8-11,13-14H2,(H,20,23). The lowest BCUT2D eigenvalue weighted by atomic mass is 10.1. The summed E-state index contributed by atoms with van der Waals surface area (Å²) in [4.78, 5) is 16.8. The molecule has 0 bridgehead atoms. The smallest absolute Gasteiger partial charge is 0.238 e. The van der Waals surface area contributed by atoms with Gasteiger partial charge in [0.1, 0.15) is 6.10 Å². The number of nitrogens with one attached hydrogen (secondary N) is 1. The second kappa shape index (κ2) is 8.51. The Morgan fingerprint density at radius 3 is 2.54 bits per heavy atom. The van der Waals surface area contributed by atoms with Gasteiger partial charge in [-0.1, -0.05) is 11.6 Å². The van der Waals surface area contributed by atoms with Crippen molar-refractivity contribution in [2.24, 2.45) is 0 Å². The number of ether oxygens (including phenoxy) is 1. The molecule has 1 fully saturated rings. The molecule has 24 heavy (non-hydrogen) atoms. The van der Waals surface area contributed by atoms with Crippen LogP contribution < -0.4 is 5.32 Å². The van der Waals surface area contributed by atoms with Gasteiger partial charge in [0.15, 0.2) is 0 Å². The Balaban J connectivity index is 1.37. The van der Waals surface area contributed by atoms with Crippen LogP contribution in [0.5, 0.6) is 0 Å². The summed E-state index contributed by atoms with van der Waals surface area (Å²) in [7, 11) is 0. The fraction of sp³-hybridized carbons (Fsp3) is 0.500. The number of rotatable bonds is 5. The van der Waals surface area contributed by atoms with E-state index in [-0.39, 0.29) is 5.91 Å². The first kappa shape index (κ1) is 17.3. The summed E-state index contributed by atoms with van der Waals surface area (Å²) >= 11 is 5.85. The molecule has 1 atom stereocenters. The van der Waals surface area contributed by atoms with E-state index in [0.29, 0.717) is 17.7 Å². The highest BCUT2D eigenvalue weighted by Crippen LogP contribution is 2.14. The lowest BCUT2D eigenvalue weighted by Crippen LogP contribution is -2.50. The minimum atomic E-state index is 0.0199. The Hall–Kier alpha value is -1.56. The number of allylic oxidation sites excluding steroid dienone is 1. The zero-order valence-corrected chi connectivity index (χ0v) is 14.5. The number of amides is 1. The first-order valence-corrected chi connectivity index (χ1v) is 8.87. The molecule has 0 aromatic heterocycles. The van der Waals surface area contributed by atoms with Crippen molar-refractivity contribution in [1.29, 1.82) is 0 Å². The minimum Gasteiger partial charge on any atom is -0.497 e. The average molecular weight is 350 g/mol. The van der Waals surface area contributed by atoms with E-state index in [2.05, 4.69) is 21.2 Å². The number of hydrogen-bond donors (Lipinski definition) is 1. The Kier molecular flexibility index (Phi) is 6.12. The molecule has 2 aliphatic heterocycles. The predicted octanol–water partition coefficient (Wildman–Crippen LogP) is 2.59. The summed E-state index contributed by atoms with van der Waals surface area (Å²) in [5.41, 5.74) is 0.783. The van der Waals surface area contributed by atoms with Gasteiger partial charge in [0.25, 0.3) is 0 Å². The number of carbonyl (C=O) groups is 1. The number of anilines is 1. The molecule has 1 aromatic rings. The van der Waals surface area contributed by atoms with Crippen molar-refractivity contribution >= 4 is 23.2 Å². The van der Waals surface area contributed by atoms with E-state index in [0.717, 1.165) is 51.3 Å². The number of carbonyl (C=O) groups excluding carboxylic acids is 1. The highest BCUT2D eigenvalue weighted by Gasteiger charge is 2.22. The van der Waals surface area contributed by atoms with Crippen LogP contribution in [0.2, 0.25) is 5.02 Å². The van der Waals surface area contributed by atoms with Crippen molar-refractivity contribution in [3.8, 4) is 0 Å². The third-order valence-electron chi connectivity index (χ3n) is 4.44. The van der Waals surface area contributed by atoms with E-state index in [1.807, 2.05) is 18.4 Å². The van der Waals surface area contributed by atoms with Gasteiger partial charge in [0.2, 0.25) is 5.91 Å². The first-order chi connectivity index (χ1) is 11.7. The van der Waals surface area contributed by atoms with Crippen molar-refractivity contribution in [3.05, 3.63) is 41.6 Å². The van der Waals surface area contributed by atoms with E-state index in [1.165, 1.54) is 0 Å². The quantitative estimate of drug-likeness (QED) is 0.887. The maximum Gasteiger partial charge on any atom is 0.238 e. The molecule has 0 saturated carbocycles. The van der Waals surface area contributed by atoms with Crippen LogP contribution in [0, 0.1) is 0 Å². The van der Waals surface area contributed by atoms with Crippen molar-refractivity contribution in [2.75, 3.05) is 44.6 Å². The fourth-order valence-electron chi connectivity index (χ4n) is 3.07. The molecule has 1 unspecified atom stereocenters. The van der Waals surface area contributed by atoms with Gasteiger partial charge in [-0.15, -0.1) is 0 Å². The zero-order chi connectivity index (χ0) is 16.8. The van der Waals surface area contributed by atoms with Crippen LogP contribution in [-0.2, 0) is 9.53 Å². The molecule has 5 nitrogen and oxygen atoms in total. The Morgan fingerprint density at radius 2 is 1.88 bits per heavy atom. The lowest BCUT2D eigenvalue weighted by Gasteiger charge is -2.36. The monoisotopic (exact) mass is 349 g/mol. The number of halogens is 1. The molecule has 2 heterocycles. The van der Waals surface area contributed by atoms with E-state index in [4.69, 9.17) is 16.3 Å².